The molecule has 2 aliphatic rings. The topological polar surface area (TPSA) is 44.4 Å². The summed E-state index contributed by atoms with van der Waals surface area (Å²) in [5, 5.41) is 6.51. The fraction of sp³-hybridized carbons (Fsp3) is 0.611. The minimum atomic E-state index is 0. The molecule has 0 spiro atoms. The molecule has 23 heavy (non-hydrogen) atoms. The lowest BCUT2D eigenvalue weighted by atomic mass is 9.97. The average Bonchev–Trinajstić information content (AvgIpc) is 3.01. The van der Waals surface area contributed by atoms with Gasteiger partial charge in [0.25, 0.3) is 0 Å². The number of nitrogens with one attached hydrogen (secondary N) is 2. The third kappa shape index (κ3) is 5.20. The van der Waals surface area contributed by atoms with E-state index in [-0.39, 0.29) is 24.2 Å². The third-order valence-electron chi connectivity index (χ3n) is 4.95. The minimum absolute atomic E-state index is 0. The zero-order valence-electron chi connectivity index (χ0n) is 13.7. The molecule has 5 heteroatoms. The van der Waals surface area contributed by atoms with Crippen LogP contribution in [0.1, 0.15) is 31.2 Å². The second-order valence-corrected chi connectivity index (χ2v) is 6.52. The molecule has 0 aliphatic carbocycles. The minimum Gasteiger partial charge on any atom is -0.354 e. The van der Waals surface area contributed by atoms with E-state index in [4.69, 9.17) is 0 Å². The van der Waals surface area contributed by atoms with Crippen LogP contribution in [0.3, 0.4) is 0 Å². The Kier molecular flexibility index (Phi) is 7.34. The Bertz CT molecular complexity index is 476. The molecule has 1 amide bonds. The quantitative estimate of drug-likeness (QED) is 0.865. The Hall–Kier alpha value is -1.10. The van der Waals surface area contributed by atoms with Crippen molar-refractivity contribution in [2.45, 2.75) is 38.3 Å². The highest BCUT2D eigenvalue weighted by molar-refractivity contribution is 5.85. The zero-order chi connectivity index (χ0) is 15.2. The van der Waals surface area contributed by atoms with Crippen LogP contribution in [0.15, 0.2) is 30.3 Å². The molecular formula is C18H28ClN3O. The van der Waals surface area contributed by atoms with Crippen LogP contribution in [0.5, 0.6) is 0 Å². The van der Waals surface area contributed by atoms with Gasteiger partial charge in [0.05, 0.1) is 0 Å². The van der Waals surface area contributed by atoms with E-state index >= 15 is 0 Å². The van der Waals surface area contributed by atoms with Crippen molar-refractivity contribution in [1.29, 1.82) is 0 Å². The van der Waals surface area contributed by atoms with Gasteiger partial charge >= 0.3 is 0 Å². The van der Waals surface area contributed by atoms with Gasteiger partial charge in [0.2, 0.25) is 5.91 Å². The summed E-state index contributed by atoms with van der Waals surface area (Å²) in [4.78, 5) is 14.8. The van der Waals surface area contributed by atoms with Crippen molar-refractivity contribution in [2.24, 2.45) is 5.92 Å². The van der Waals surface area contributed by atoms with E-state index < -0.39 is 0 Å². The molecule has 128 valence electrons. The van der Waals surface area contributed by atoms with E-state index in [0.717, 1.165) is 45.6 Å². The molecular weight excluding hydrogens is 310 g/mol. The number of hydrogen-bond donors (Lipinski definition) is 2. The summed E-state index contributed by atoms with van der Waals surface area (Å²) < 4.78 is 0. The van der Waals surface area contributed by atoms with E-state index in [9.17, 15) is 4.79 Å². The van der Waals surface area contributed by atoms with Gasteiger partial charge in [-0.1, -0.05) is 30.3 Å². The van der Waals surface area contributed by atoms with Crippen LogP contribution in [-0.4, -0.2) is 43.0 Å². The van der Waals surface area contributed by atoms with Gasteiger partial charge in [0.1, 0.15) is 0 Å². The highest BCUT2D eigenvalue weighted by Crippen LogP contribution is 2.20. The lowest BCUT2D eigenvalue weighted by Gasteiger charge is -2.27. The summed E-state index contributed by atoms with van der Waals surface area (Å²) >= 11 is 0. The SMILES string of the molecule is Cl.O=C(NCC1CCCN1Cc1ccccc1)C1CCNCC1. The molecule has 2 N–H and O–H groups in total. The number of benzene rings is 1. The molecule has 1 aromatic rings. The maximum atomic E-state index is 12.3. The predicted octanol–water partition coefficient (Wildman–Crippen LogP) is 2.19. The first-order chi connectivity index (χ1) is 10.8. The van der Waals surface area contributed by atoms with Crippen LogP contribution >= 0.6 is 12.4 Å². The van der Waals surface area contributed by atoms with E-state index in [2.05, 4.69) is 45.9 Å². The van der Waals surface area contributed by atoms with Crippen LogP contribution in [0.25, 0.3) is 0 Å². The van der Waals surface area contributed by atoms with Gasteiger partial charge in [-0.25, -0.2) is 0 Å². The Morgan fingerprint density at radius 2 is 1.91 bits per heavy atom. The van der Waals surface area contributed by atoms with Gasteiger partial charge in [-0.05, 0) is 50.9 Å². The molecule has 0 aromatic heterocycles. The maximum absolute atomic E-state index is 12.3. The smallest absolute Gasteiger partial charge is 0.223 e. The Balaban J connectivity index is 0.00000192. The highest BCUT2D eigenvalue weighted by Gasteiger charge is 2.26. The van der Waals surface area contributed by atoms with Crippen LogP contribution in [0.2, 0.25) is 0 Å². The molecule has 3 rings (SSSR count). The third-order valence-corrected chi connectivity index (χ3v) is 4.95. The van der Waals surface area contributed by atoms with Crippen molar-refractivity contribution in [1.82, 2.24) is 15.5 Å². The lowest BCUT2D eigenvalue weighted by molar-refractivity contribution is -0.125. The highest BCUT2D eigenvalue weighted by atomic mass is 35.5. The summed E-state index contributed by atoms with van der Waals surface area (Å²) in [7, 11) is 0. The van der Waals surface area contributed by atoms with Gasteiger partial charge in [0, 0.05) is 25.0 Å². The Morgan fingerprint density at radius 1 is 1.17 bits per heavy atom. The van der Waals surface area contributed by atoms with Crippen LogP contribution in [-0.2, 0) is 11.3 Å². The van der Waals surface area contributed by atoms with Crippen molar-refractivity contribution in [3.05, 3.63) is 35.9 Å². The first-order valence-electron chi connectivity index (χ1n) is 8.59. The molecule has 1 unspecified atom stereocenters. The Labute approximate surface area is 145 Å². The normalized spacial score (nSPS) is 22.5. The van der Waals surface area contributed by atoms with Gasteiger partial charge in [-0.3, -0.25) is 9.69 Å². The number of hydrogen-bond acceptors (Lipinski definition) is 3. The maximum Gasteiger partial charge on any atom is 0.223 e. The Morgan fingerprint density at radius 3 is 2.65 bits per heavy atom. The number of rotatable bonds is 5. The first-order valence-corrected chi connectivity index (χ1v) is 8.59. The molecule has 0 saturated carbocycles. The molecule has 2 fully saturated rings. The fourth-order valence-electron chi connectivity index (χ4n) is 3.60. The molecule has 2 heterocycles. The number of halogens is 1. The molecule has 2 aliphatic heterocycles. The summed E-state index contributed by atoms with van der Waals surface area (Å²) in [6.45, 7) is 4.89. The van der Waals surface area contributed by atoms with Crippen LogP contribution < -0.4 is 10.6 Å². The summed E-state index contributed by atoms with van der Waals surface area (Å²) in [6, 6.07) is 11.1. The van der Waals surface area contributed by atoms with E-state index in [1.54, 1.807) is 0 Å². The zero-order valence-corrected chi connectivity index (χ0v) is 14.5. The summed E-state index contributed by atoms with van der Waals surface area (Å²) in [6.07, 6.45) is 4.38. The van der Waals surface area contributed by atoms with Crippen molar-refractivity contribution >= 4 is 18.3 Å². The first kappa shape index (κ1) is 18.2. The van der Waals surface area contributed by atoms with Crippen molar-refractivity contribution in [3.63, 3.8) is 0 Å². The predicted molar refractivity (Wildman–Crippen MR) is 95.7 cm³/mol. The van der Waals surface area contributed by atoms with Gasteiger partial charge in [-0.15, -0.1) is 12.4 Å². The van der Waals surface area contributed by atoms with Crippen LogP contribution in [0.4, 0.5) is 0 Å². The van der Waals surface area contributed by atoms with E-state index in [0.29, 0.717) is 6.04 Å². The van der Waals surface area contributed by atoms with Crippen molar-refractivity contribution < 1.29 is 4.79 Å². The van der Waals surface area contributed by atoms with E-state index in [1.165, 1.54) is 18.4 Å². The second kappa shape index (κ2) is 9.26. The molecule has 1 atom stereocenters. The molecule has 2 saturated heterocycles. The summed E-state index contributed by atoms with van der Waals surface area (Å²) in [5.74, 6) is 0.471. The molecule has 4 nitrogen and oxygen atoms in total. The number of amides is 1. The second-order valence-electron chi connectivity index (χ2n) is 6.52. The van der Waals surface area contributed by atoms with Gasteiger partial charge < -0.3 is 10.6 Å². The number of carbonyl (C=O) groups excluding carboxylic acids is 1. The fourth-order valence-corrected chi connectivity index (χ4v) is 3.60. The average molecular weight is 338 g/mol. The van der Waals surface area contributed by atoms with Crippen molar-refractivity contribution in [2.75, 3.05) is 26.2 Å². The standard InChI is InChI=1S/C18H27N3O.ClH/c22-18(16-8-10-19-11-9-16)20-13-17-7-4-12-21(17)14-15-5-2-1-3-6-15;/h1-3,5-6,16-17,19H,4,7-14H2,(H,20,22);1H. The number of likely N-dealkylation sites (tertiary alicyclic amines) is 1. The lowest BCUT2D eigenvalue weighted by Crippen LogP contribution is -2.44. The monoisotopic (exact) mass is 337 g/mol. The van der Waals surface area contributed by atoms with Crippen molar-refractivity contribution in [3.8, 4) is 0 Å². The molecule has 0 radical (unpaired) electrons. The van der Waals surface area contributed by atoms with Crippen LogP contribution in [0, 0.1) is 5.92 Å². The van der Waals surface area contributed by atoms with Gasteiger partial charge in [-0.2, -0.15) is 0 Å². The van der Waals surface area contributed by atoms with Gasteiger partial charge in [0.15, 0.2) is 0 Å². The van der Waals surface area contributed by atoms with E-state index in [1.807, 2.05) is 0 Å². The largest absolute Gasteiger partial charge is 0.354 e. The summed E-state index contributed by atoms with van der Waals surface area (Å²) in [5.41, 5.74) is 1.36. The number of piperidine rings is 1. The number of nitrogens with zero attached hydrogens (tertiary/aromatic N) is 1. The molecule has 1 aromatic carbocycles. The number of carbonyl (C=O) groups is 1. The molecule has 0 bridgehead atoms.